The average molecular weight is 246 g/mol. The van der Waals surface area contributed by atoms with E-state index in [-0.39, 0.29) is 11.9 Å². The number of nitrogens with one attached hydrogen (secondary N) is 1. The molecule has 2 atom stereocenters. The maximum atomic E-state index is 11.9. The van der Waals surface area contributed by atoms with E-state index >= 15 is 0 Å². The fourth-order valence-electron chi connectivity index (χ4n) is 1.82. The largest absolute Gasteiger partial charge is 0.293 e. The number of amides is 1. The molecule has 0 bridgehead atoms. The Bertz CT molecular complexity index is 426. The molecule has 1 aromatic rings. The van der Waals surface area contributed by atoms with Crippen LogP contribution >= 0.6 is 0 Å². The summed E-state index contributed by atoms with van der Waals surface area (Å²) in [5, 5.41) is 8.73. The molecule has 0 aliphatic rings. The molecule has 0 heterocycles. The van der Waals surface area contributed by atoms with Gasteiger partial charge in [0.25, 0.3) is 5.91 Å². The molecule has 0 aliphatic heterocycles. The lowest BCUT2D eigenvalue weighted by molar-refractivity contribution is -0.127. The Morgan fingerprint density at radius 3 is 2.61 bits per heavy atom. The van der Waals surface area contributed by atoms with Gasteiger partial charge in [-0.2, -0.15) is 5.26 Å². The maximum absolute atomic E-state index is 11.9. The lowest BCUT2D eigenvalue weighted by Crippen LogP contribution is -2.44. The summed E-state index contributed by atoms with van der Waals surface area (Å²) in [7, 11) is 1.81. The number of nitrogens with zero attached hydrogens (tertiary/aromatic N) is 2. The van der Waals surface area contributed by atoms with Crippen molar-refractivity contribution in [2.45, 2.75) is 25.4 Å². The van der Waals surface area contributed by atoms with Gasteiger partial charge >= 0.3 is 0 Å². The molecular formula is C13H18N4O. The van der Waals surface area contributed by atoms with Gasteiger partial charge in [-0.15, -0.1) is 0 Å². The zero-order valence-electron chi connectivity index (χ0n) is 10.6. The lowest BCUT2D eigenvalue weighted by atomic mass is 10.0. The third kappa shape index (κ3) is 3.29. The van der Waals surface area contributed by atoms with Gasteiger partial charge in [0.1, 0.15) is 6.04 Å². The van der Waals surface area contributed by atoms with Gasteiger partial charge in [-0.3, -0.25) is 15.1 Å². The molecule has 0 fully saturated rings. The van der Waals surface area contributed by atoms with E-state index in [1.807, 2.05) is 49.2 Å². The number of hydrogen-bond acceptors (Lipinski definition) is 4. The molecule has 0 spiro atoms. The first-order valence-electron chi connectivity index (χ1n) is 5.76. The predicted molar refractivity (Wildman–Crippen MR) is 69.0 cm³/mol. The molecule has 18 heavy (non-hydrogen) atoms. The van der Waals surface area contributed by atoms with Crippen LogP contribution in [0, 0.1) is 11.3 Å². The maximum Gasteiger partial charge on any atom is 0.255 e. The molecule has 5 nitrogen and oxygen atoms in total. The standard InChI is InChI=1S/C13H18N4O/c1-10(8-9-14)17(2)12(13(18)16-15)11-6-4-3-5-7-11/h3-7,10,12H,8,15H2,1-2H3,(H,16,18). The Hall–Kier alpha value is -1.90. The second-order valence-corrected chi connectivity index (χ2v) is 4.20. The van der Waals surface area contributed by atoms with Crippen molar-refractivity contribution < 1.29 is 4.79 Å². The highest BCUT2D eigenvalue weighted by Gasteiger charge is 2.27. The van der Waals surface area contributed by atoms with Crippen LogP contribution in [0.5, 0.6) is 0 Å². The Morgan fingerprint density at radius 1 is 1.50 bits per heavy atom. The number of nitrogens with two attached hydrogens (primary N) is 1. The monoisotopic (exact) mass is 246 g/mol. The van der Waals surface area contributed by atoms with Gasteiger partial charge in [-0.25, -0.2) is 5.84 Å². The minimum atomic E-state index is -0.487. The highest BCUT2D eigenvalue weighted by atomic mass is 16.2. The molecule has 2 unspecified atom stereocenters. The first-order chi connectivity index (χ1) is 8.61. The van der Waals surface area contributed by atoms with E-state index in [9.17, 15) is 4.79 Å². The number of nitriles is 1. The van der Waals surface area contributed by atoms with Crippen molar-refractivity contribution in [1.29, 1.82) is 5.26 Å². The van der Waals surface area contributed by atoms with Crippen LogP contribution < -0.4 is 11.3 Å². The van der Waals surface area contributed by atoms with E-state index in [0.717, 1.165) is 5.56 Å². The van der Waals surface area contributed by atoms with Crippen LogP contribution in [0.4, 0.5) is 0 Å². The highest BCUT2D eigenvalue weighted by molar-refractivity contribution is 5.82. The number of hydrogen-bond donors (Lipinski definition) is 2. The first-order valence-corrected chi connectivity index (χ1v) is 5.76. The van der Waals surface area contributed by atoms with E-state index in [0.29, 0.717) is 6.42 Å². The highest BCUT2D eigenvalue weighted by Crippen LogP contribution is 2.22. The molecule has 0 saturated carbocycles. The van der Waals surface area contributed by atoms with E-state index in [2.05, 4.69) is 11.5 Å². The van der Waals surface area contributed by atoms with Gasteiger partial charge in [0, 0.05) is 6.04 Å². The molecule has 1 rings (SSSR count). The molecule has 0 aliphatic carbocycles. The van der Waals surface area contributed by atoms with Gasteiger partial charge in [0.05, 0.1) is 12.5 Å². The van der Waals surface area contributed by atoms with E-state index in [4.69, 9.17) is 11.1 Å². The Balaban J connectivity index is 3.00. The van der Waals surface area contributed by atoms with Crippen molar-refractivity contribution in [3.05, 3.63) is 35.9 Å². The molecule has 0 radical (unpaired) electrons. The van der Waals surface area contributed by atoms with Crippen molar-refractivity contribution in [3.63, 3.8) is 0 Å². The number of carbonyl (C=O) groups excluding carboxylic acids is 1. The lowest BCUT2D eigenvalue weighted by Gasteiger charge is -2.31. The summed E-state index contributed by atoms with van der Waals surface area (Å²) in [5.41, 5.74) is 3.03. The fraction of sp³-hybridized carbons (Fsp3) is 0.385. The topological polar surface area (TPSA) is 82.2 Å². The summed E-state index contributed by atoms with van der Waals surface area (Å²) in [6.45, 7) is 1.91. The molecular weight excluding hydrogens is 228 g/mol. The number of likely N-dealkylation sites (N-methyl/N-ethyl adjacent to an activating group) is 1. The summed E-state index contributed by atoms with van der Waals surface area (Å²) >= 11 is 0. The summed E-state index contributed by atoms with van der Waals surface area (Å²) in [5.74, 6) is 4.95. The van der Waals surface area contributed by atoms with Crippen LogP contribution in [-0.4, -0.2) is 23.9 Å². The zero-order valence-corrected chi connectivity index (χ0v) is 10.6. The SMILES string of the molecule is CC(CC#N)N(C)C(C(=O)NN)c1ccccc1. The average Bonchev–Trinajstić information content (AvgIpc) is 2.40. The molecule has 0 saturated heterocycles. The van der Waals surface area contributed by atoms with Crippen LogP contribution in [0.2, 0.25) is 0 Å². The molecule has 1 aromatic carbocycles. The van der Waals surface area contributed by atoms with Gasteiger partial charge in [-0.05, 0) is 19.5 Å². The van der Waals surface area contributed by atoms with E-state index < -0.39 is 6.04 Å². The minimum Gasteiger partial charge on any atom is -0.293 e. The smallest absolute Gasteiger partial charge is 0.255 e. The Morgan fingerprint density at radius 2 is 2.11 bits per heavy atom. The van der Waals surface area contributed by atoms with Crippen LogP contribution in [-0.2, 0) is 4.79 Å². The van der Waals surface area contributed by atoms with Crippen molar-refractivity contribution in [1.82, 2.24) is 10.3 Å². The number of rotatable bonds is 5. The molecule has 3 N–H and O–H groups in total. The van der Waals surface area contributed by atoms with E-state index in [1.165, 1.54) is 0 Å². The summed E-state index contributed by atoms with van der Waals surface area (Å²) in [6.07, 6.45) is 0.359. The summed E-state index contributed by atoms with van der Waals surface area (Å²) in [6, 6.07) is 11.0. The molecule has 96 valence electrons. The number of benzene rings is 1. The number of hydrazine groups is 1. The first kappa shape index (κ1) is 14.2. The van der Waals surface area contributed by atoms with Crippen molar-refractivity contribution in [3.8, 4) is 6.07 Å². The van der Waals surface area contributed by atoms with Crippen molar-refractivity contribution in [2.75, 3.05) is 7.05 Å². The van der Waals surface area contributed by atoms with Crippen molar-refractivity contribution in [2.24, 2.45) is 5.84 Å². The van der Waals surface area contributed by atoms with Gasteiger partial charge in [0.15, 0.2) is 0 Å². The quantitative estimate of drug-likeness (QED) is 0.460. The zero-order chi connectivity index (χ0) is 13.5. The van der Waals surface area contributed by atoms with Crippen LogP contribution in [0.3, 0.4) is 0 Å². The van der Waals surface area contributed by atoms with Crippen LogP contribution in [0.1, 0.15) is 24.9 Å². The van der Waals surface area contributed by atoms with Gasteiger partial charge in [-0.1, -0.05) is 30.3 Å². The van der Waals surface area contributed by atoms with Gasteiger partial charge < -0.3 is 0 Å². The molecule has 5 heteroatoms. The minimum absolute atomic E-state index is 0.0301. The van der Waals surface area contributed by atoms with Crippen LogP contribution in [0.15, 0.2) is 30.3 Å². The second kappa shape index (κ2) is 6.74. The normalized spacial score (nSPS) is 13.7. The number of carbonyl (C=O) groups is 1. The predicted octanol–water partition coefficient (Wildman–Crippen LogP) is 0.952. The molecule has 0 aromatic heterocycles. The third-order valence-corrected chi connectivity index (χ3v) is 3.00. The van der Waals surface area contributed by atoms with E-state index in [1.54, 1.807) is 0 Å². The van der Waals surface area contributed by atoms with Gasteiger partial charge in [0.2, 0.25) is 0 Å². The molecule has 1 amide bonds. The Labute approximate surface area is 107 Å². The van der Waals surface area contributed by atoms with Crippen LogP contribution in [0.25, 0.3) is 0 Å². The Kier molecular flexibility index (Phi) is 5.31. The summed E-state index contributed by atoms with van der Waals surface area (Å²) in [4.78, 5) is 13.7. The van der Waals surface area contributed by atoms with Crippen molar-refractivity contribution >= 4 is 5.91 Å². The summed E-state index contributed by atoms with van der Waals surface area (Å²) < 4.78 is 0. The fourth-order valence-corrected chi connectivity index (χ4v) is 1.82. The third-order valence-electron chi connectivity index (χ3n) is 3.00. The second-order valence-electron chi connectivity index (χ2n) is 4.20.